The van der Waals surface area contributed by atoms with Crippen LogP contribution in [-0.2, 0) is 4.79 Å². The molecule has 0 aliphatic rings. The van der Waals surface area contributed by atoms with Gasteiger partial charge in [-0.25, -0.2) is 0 Å². The van der Waals surface area contributed by atoms with Crippen molar-refractivity contribution in [1.29, 1.82) is 0 Å². The second-order valence-corrected chi connectivity index (χ2v) is 2.20. The highest BCUT2D eigenvalue weighted by molar-refractivity contribution is 5.86. The molecule has 9 heteroatoms. The van der Waals surface area contributed by atoms with Crippen molar-refractivity contribution in [3.05, 3.63) is 0 Å². The lowest BCUT2D eigenvalue weighted by molar-refractivity contribution is -0.129. The Morgan fingerprint density at radius 2 is 1.67 bits per heavy atom. The first kappa shape index (κ1) is 36.2. The first-order valence-electron chi connectivity index (χ1n) is 3.32. The highest BCUT2D eigenvalue weighted by atomic mass is 35.5. The number of carbonyl (C=O) groups is 1. The number of nitrogens with two attached hydrogens (primary N) is 1. The van der Waals surface area contributed by atoms with Crippen LogP contribution >= 0.6 is 37.2 Å². The van der Waals surface area contributed by atoms with E-state index in [1.54, 1.807) is 0 Å². The average Bonchev–Trinajstić information content (AvgIpc) is 1.87. The van der Waals surface area contributed by atoms with Gasteiger partial charge in [0.15, 0.2) is 0 Å². The molecule has 0 aromatic rings. The molecule has 100 valence electrons. The quantitative estimate of drug-likeness (QED) is 0.487. The van der Waals surface area contributed by atoms with Crippen LogP contribution < -0.4 is 23.4 Å². The van der Waals surface area contributed by atoms with Crippen LogP contribution in [0.25, 0.3) is 0 Å². The van der Waals surface area contributed by atoms with Crippen molar-refractivity contribution in [2.75, 3.05) is 0 Å². The zero-order chi connectivity index (χ0) is 8.15. The molecule has 10 N–H and O–H groups in total. The number of carbonyl (C=O) groups excluding carboxylic acids is 1. The Morgan fingerprint density at radius 3 is 1.87 bits per heavy atom. The van der Waals surface area contributed by atoms with Crippen LogP contribution in [0.2, 0.25) is 0 Å². The van der Waals surface area contributed by atoms with Gasteiger partial charge >= 0.3 is 0 Å². The topological polar surface area (TPSA) is 145 Å². The minimum atomic E-state index is -0.974. The molecule has 2 unspecified atom stereocenters. The lowest BCUT2D eigenvalue weighted by Gasteiger charge is -2.12. The summed E-state index contributed by atoms with van der Waals surface area (Å²) in [4.78, 5) is 10.7. The maximum atomic E-state index is 10.7. The van der Waals surface area contributed by atoms with E-state index in [2.05, 4.69) is 5.32 Å². The fraction of sp³-hybridized carbons (Fsp3) is 0.833. The molecular formula is C6H23Cl3N4O2. The largest absolute Gasteiger partial charge is 0.384 e. The van der Waals surface area contributed by atoms with Gasteiger partial charge in [-0.3, -0.25) is 4.79 Å². The Kier molecular flexibility index (Phi) is 47.6. The van der Waals surface area contributed by atoms with Crippen molar-refractivity contribution < 1.29 is 9.90 Å². The number of hydrogen-bond acceptors (Lipinski definition) is 5. The third kappa shape index (κ3) is 20.3. The molecule has 15 heavy (non-hydrogen) atoms. The molecule has 1 amide bonds. The molecule has 2 atom stereocenters. The Labute approximate surface area is 109 Å². The van der Waals surface area contributed by atoms with E-state index in [0.717, 1.165) is 0 Å². The number of hydrogen-bond donors (Lipinski definition) is 5. The fourth-order valence-electron chi connectivity index (χ4n) is 0.405. The van der Waals surface area contributed by atoms with E-state index in [0.29, 0.717) is 6.42 Å². The van der Waals surface area contributed by atoms with E-state index in [-0.39, 0.29) is 55.7 Å². The molecule has 0 saturated heterocycles. The van der Waals surface area contributed by atoms with Crippen molar-refractivity contribution in [2.24, 2.45) is 5.73 Å². The van der Waals surface area contributed by atoms with Crippen LogP contribution in [0, 0.1) is 0 Å². The normalized spacial score (nSPS) is 10.7. The van der Waals surface area contributed by atoms with Gasteiger partial charge in [0.1, 0.15) is 6.10 Å². The van der Waals surface area contributed by atoms with Crippen LogP contribution in [0.5, 0.6) is 0 Å². The van der Waals surface area contributed by atoms with Gasteiger partial charge in [0.2, 0.25) is 5.91 Å². The Hall–Kier alpha value is 0.180. The molecule has 0 fully saturated rings. The molecule has 0 aromatic carbocycles. The molecule has 0 spiro atoms. The van der Waals surface area contributed by atoms with Crippen molar-refractivity contribution in [1.82, 2.24) is 17.6 Å². The number of rotatable bonds is 3. The van der Waals surface area contributed by atoms with Crippen molar-refractivity contribution in [2.45, 2.75) is 32.5 Å². The lowest BCUT2D eigenvalue weighted by atomic mass is 10.3. The van der Waals surface area contributed by atoms with Crippen LogP contribution in [0.3, 0.4) is 0 Å². The standard InChI is InChI=1S/C6H14N2O2.3ClH.2H3N/c1-3-5(7)8-6(10)4(2)9;;;;;/h4-5,9H,3,7H2,1-2H3,(H,8,10);3*1H;2*1H3. The van der Waals surface area contributed by atoms with E-state index >= 15 is 0 Å². The molecule has 0 aliphatic carbocycles. The zero-order valence-electron chi connectivity index (χ0n) is 8.93. The molecule has 0 aromatic heterocycles. The Bertz CT molecular complexity index is 129. The predicted octanol–water partition coefficient (Wildman–Crippen LogP) is 0.768. The minimum absolute atomic E-state index is 0. The molecule has 0 aliphatic heterocycles. The summed E-state index contributed by atoms with van der Waals surface area (Å²) in [6.45, 7) is 3.25. The Morgan fingerprint density at radius 1 is 1.33 bits per heavy atom. The van der Waals surface area contributed by atoms with Gasteiger partial charge in [0.05, 0.1) is 6.17 Å². The van der Waals surface area contributed by atoms with Crippen molar-refractivity contribution >= 4 is 43.1 Å². The smallest absolute Gasteiger partial charge is 0.249 e. The van der Waals surface area contributed by atoms with Crippen molar-refractivity contribution in [3.8, 4) is 0 Å². The summed E-state index contributed by atoms with van der Waals surface area (Å²) < 4.78 is 0. The van der Waals surface area contributed by atoms with Crippen molar-refractivity contribution in [3.63, 3.8) is 0 Å². The van der Waals surface area contributed by atoms with Crippen LogP contribution in [0.1, 0.15) is 20.3 Å². The number of aliphatic hydroxyl groups excluding tert-OH is 1. The predicted molar refractivity (Wildman–Crippen MR) is 69.9 cm³/mol. The monoisotopic (exact) mass is 288 g/mol. The summed E-state index contributed by atoms with van der Waals surface area (Å²) in [7, 11) is 0. The third-order valence-electron chi connectivity index (χ3n) is 1.15. The van der Waals surface area contributed by atoms with E-state index < -0.39 is 12.0 Å². The molecule has 0 radical (unpaired) electrons. The molecule has 0 bridgehead atoms. The zero-order valence-corrected chi connectivity index (χ0v) is 11.4. The number of aliphatic hydroxyl groups is 1. The SMILES string of the molecule is CCC(N)NC(=O)C(C)O.Cl.Cl.Cl.N.N. The molecular weight excluding hydrogens is 266 g/mol. The van der Waals surface area contributed by atoms with Gasteiger partial charge in [-0.15, -0.1) is 37.2 Å². The summed E-state index contributed by atoms with van der Waals surface area (Å²) >= 11 is 0. The summed E-state index contributed by atoms with van der Waals surface area (Å²) in [6.07, 6.45) is -0.655. The van der Waals surface area contributed by atoms with E-state index in [4.69, 9.17) is 10.8 Å². The minimum Gasteiger partial charge on any atom is -0.384 e. The summed E-state index contributed by atoms with van der Waals surface area (Å²) in [6, 6.07) is 0. The summed E-state index contributed by atoms with van der Waals surface area (Å²) in [5.74, 6) is -0.422. The lowest BCUT2D eigenvalue weighted by Crippen LogP contribution is -2.44. The summed E-state index contributed by atoms with van der Waals surface area (Å²) in [5.41, 5.74) is 5.37. The maximum Gasteiger partial charge on any atom is 0.249 e. The Balaban J connectivity index is -0.0000000405. The molecule has 0 heterocycles. The number of nitrogens with one attached hydrogen (secondary N) is 1. The van der Waals surface area contributed by atoms with Gasteiger partial charge in [0.25, 0.3) is 0 Å². The molecule has 6 nitrogen and oxygen atoms in total. The highest BCUT2D eigenvalue weighted by Gasteiger charge is 2.09. The van der Waals surface area contributed by atoms with Gasteiger partial charge in [-0.2, -0.15) is 0 Å². The summed E-state index contributed by atoms with van der Waals surface area (Å²) in [5, 5.41) is 11.1. The van der Waals surface area contributed by atoms with Gasteiger partial charge in [-0.1, -0.05) is 6.92 Å². The van der Waals surface area contributed by atoms with E-state index in [1.165, 1.54) is 6.92 Å². The second-order valence-electron chi connectivity index (χ2n) is 2.20. The number of halogens is 3. The fourth-order valence-corrected chi connectivity index (χ4v) is 0.405. The van der Waals surface area contributed by atoms with E-state index in [1.807, 2.05) is 6.92 Å². The molecule has 0 saturated carbocycles. The van der Waals surface area contributed by atoms with Gasteiger partial charge in [0, 0.05) is 0 Å². The second kappa shape index (κ2) is 19.7. The van der Waals surface area contributed by atoms with Crippen LogP contribution in [0.4, 0.5) is 0 Å². The first-order valence-corrected chi connectivity index (χ1v) is 3.32. The third-order valence-corrected chi connectivity index (χ3v) is 1.15. The van der Waals surface area contributed by atoms with Crippen LogP contribution in [-0.4, -0.2) is 23.3 Å². The van der Waals surface area contributed by atoms with Crippen LogP contribution in [0.15, 0.2) is 0 Å². The highest BCUT2D eigenvalue weighted by Crippen LogP contribution is 1.83. The van der Waals surface area contributed by atoms with E-state index in [9.17, 15) is 4.79 Å². The first-order chi connectivity index (χ1) is 4.57. The average molecular weight is 290 g/mol. The molecule has 0 rings (SSSR count). The maximum absolute atomic E-state index is 10.7. The van der Waals surface area contributed by atoms with Gasteiger partial charge < -0.3 is 28.5 Å². The number of amides is 1. The van der Waals surface area contributed by atoms with Gasteiger partial charge in [-0.05, 0) is 13.3 Å².